The maximum atomic E-state index is 13.6. The van der Waals surface area contributed by atoms with E-state index < -0.39 is 0 Å². The van der Waals surface area contributed by atoms with Gasteiger partial charge in [0, 0.05) is 10.5 Å². The highest BCUT2D eigenvalue weighted by Crippen LogP contribution is 2.18. The van der Waals surface area contributed by atoms with Gasteiger partial charge in [-0.25, -0.2) is 4.39 Å². The van der Waals surface area contributed by atoms with Crippen LogP contribution in [0.15, 0.2) is 22.7 Å². The Balaban J connectivity index is 2.60. The van der Waals surface area contributed by atoms with E-state index in [2.05, 4.69) is 35.2 Å². The number of nitrogens with two attached hydrogens (primary N) is 1. The van der Waals surface area contributed by atoms with Crippen molar-refractivity contribution in [3.05, 3.63) is 34.1 Å². The Labute approximate surface area is 111 Å². The zero-order valence-corrected chi connectivity index (χ0v) is 11.9. The van der Waals surface area contributed by atoms with Gasteiger partial charge in [-0.1, -0.05) is 35.8 Å². The molecule has 1 rings (SSSR count). The van der Waals surface area contributed by atoms with E-state index in [-0.39, 0.29) is 11.9 Å². The third-order valence-electron chi connectivity index (χ3n) is 2.81. The maximum absolute atomic E-state index is 13.6. The summed E-state index contributed by atoms with van der Waals surface area (Å²) in [7, 11) is 0. The molecule has 0 aromatic heterocycles. The largest absolute Gasteiger partial charge is 0.271 e. The van der Waals surface area contributed by atoms with E-state index in [0.29, 0.717) is 17.9 Å². The fourth-order valence-electron chi connectivity index (χ4n) is 1.73. The van der Waals surface area contributed by atoms with Crippen LogP contribution in [0.3, 0.4) is 0 Å². The summed E-state index contributed by atoms with van der Waals surface area (Å²) >= 11 is 3.25. The first-order valence-electron chi connectivity index (χ1n) is 5.93. The number of nitrogens with one attached hydrogen (secondary N) is 1. The molecule has 0 bridgehead atoms. The highest BCUT2D eigenvalue weighted by molar-refractivity contribution is 9.10. The summed E-state index contributed by atoms with van der Waals surface area (Å²) in [5, 5.41) is 0. The predicted octanol–water partition coefficient (Wildman–Crippen LogP) is 3.40. The average molecular weight is 303 g/mol. The Bertz CT molecular complexity index is 355. The summed E-state index contributed by atoms with van der Waals surface area (Å²) in [5.74, 6) is 5.97. The van der Waals surface area contributed by atoms with Gasteiger partial charge in [-0.3, -0.25) is 11.3 Å². The Morgan fingerprint density at radius 1 is 1.35 bits per heavy atom. The minimum atomic E-state index is -0.177. The molecule has 1 aromatic rings. The quantitative estimate of drug-likeness (QED) is 0.624. The highest BCUT2D eigenvalue weighted by atomic mass is 79.9. The molecule has 0 heterocycles. The molecular weight excluding hydrogens is 283 g/mol. The second-order valence-electron chi connectivity index (χ2n) is 4.77. The molecule has 0 spiro atoms. The van der Waals surface area contributed by atoms with Crippen molar-refractivity contribution in [3.8, 4) is 0 Å². The minimum absolute atomic E-state index is 0.132. The normalized spacial score (nSPS) is 13.1. The van der Waals surface area contributed by atoms with Crippen molar-refractivity contribution >= 4 is 15.9 Å². The van der Waals surface area contributed by atoms with Gasteiger partial charge >= 0.3 is 0 Å². The lowest BCUT2D eigenvalue weighted by Gasteiger charge is -2.17. The molecule has 1 unspecified atom stereocenters. The number of hydrogen-bond donors (Lipinski definition) is 2. The van der Waals surface area contributed by atoms with Gasteiger partial charge in [0.25, 0.3) is 0 Å². The topological polar surface area (TPSA) is 38.0 Å². The van der Waals surface area contributed by atoms with Crippen LogP contribution in [0.5, 0.6) is 0 Å². The molecule has 0 fully saturated rings. The first-order chi connectivity index (χ1) is 8.02. The van der Waals surface area contributed by atoms with Gasteiger partial charge < -0.3 is 0 Å². The molecule has 1 atom stereocenters. The monoisotopic (exact) mass is 302 g/mol. The molecule has 0 saturated heterocycles. The first kappa shape index (κ1) is 14.6. The number of halogens is 2. The Morgan fingerprint density at radius 2 is 2.06 bits per heavy atom. The van der Waals surface area contributed by atoms with Crippen LogP contribution in [0.2, 0.25) is 0 Å². The predicted molar refractivity (Wildman–Crippen MR) is 73.0 cm³/mol. The summed E-state index contributed by atoms with van der Waals surface area (Å²) in [6.07, 6.45) is 2.68. The molecule has 1 aromatic carbocycles. The Morgan fingerprint density at radius 3 is 2.59 bits per heavy atom. The highest BCUT2D eigenvalue weighted by Gasteiger charge is 2.11. The zero-order chi connectivity index (χ0) is 12.8. The molecule has 0 aliphatic rings. The summed E-state index contributed by atoms with van der Waals surface area (Å²) in [6.45, 7) is 4.35. The standard InChI is InChI=1S/C13H20BrFN2/c1-9(2)3-6-12(17-16)7-10-4-5-11(14)8-13(10)15/h4-5,8-9,12,17H,3,6-7,16H2,1-2H3. The van der Waals surface area contributed by atoms with Gasteiger partial charge in [0.2, 0.25) is 0 Å². The fourth-order valence-corrected chi connectivity index (χ4v) is 2.06. The SMILES string of the molecule is CC(C)CCC(Cc1ccc(Br)cc1F)NN. The zero-order valence-electron chi connectivity index (χ0n) is 10.3. The molecule has 17 heavy (non-hydrogen) atoms. The lowest BCUT2D eigenvalue weighted by Crippen LogP contribution is -2.37. The van der Waals surface area contributed by atoms with E-state index in [1.54, 1.807) is 6.07 Å². The molecular formula is C13H20BrFN2. The smallest absolute Gasteiger partial charge is 0.127 e. The van der Waals surface area contributed by atoms with E-state index in [4.69, 9.17) is 5.84 Å². The minimum Gasteiger partial charge on any atom is -0.271 e. The van der Waals surface area contributed by atoms with Crippen LogP contribution >= 0.6 is 15.9 Å². The molecule has 4 heteroatoms. The molecule has 0 amide bonds. The van der Waals surface area contributed by atoms with Crippen LogP contribution in [0.25, 0.3) is 0 Å². The molecule has 3 N–H and O–H groups in total. The maximum Gasteiger partial charge on any atom is 0.127 e. The second kappa shape index (κ2) is 7.09. The van der Waals surface area contributed by atoms with E-state index in [1.807, 2.05) is 6.07 Å². The molecule has 0 aliphatic heterocycles. The van der Waals surface area contributed by atoms with Crippen molar-refractivity contribution in [2.75, 3.05) is 0 Å². The van der Waals surface area contributed by atoms with Crippen molar-refractivity contribution in [1.29, 1.82) is 0 Å². The van der Waals surface area contributed by atoms with Gasteiger partial charge in [0.1, 0.15) is 5.82 Å². The Hall–Kier alpha value is -0.450. The number of rotatable bonds is 6. The Kier molecular flexibility index (Phi) is 6.09. The summed E-state index contributed by atoms with van der Waals surface area (Å²) in [6, 6.07) is 5.28. The van der Waals surface area contributed by atoms with Gasteiger partial charge in [-0.2, -0.15) is 0 Å². The number of hydrazine groups is 1. The van der Waals surface area contributed by atoms with Gasteiger partial charge in [-0.15, -0.1) is 0 Å². The van der Waals surface area contributed by atoms with E-state index in [0.717, 1.165) is 17.3 Å². The molecule has 2 nitrogen and oxygen atoms in total. The first-order valence-corrected chi connectivity index (χ1v) is 6.72. The van der Waals surface area contributed by atoms with Crippen LogP contribution in [0.4, 0.5) is 4.39 Å². The molecule has 0 aliphatic carbocycles. The van der Waals surface area contributed by atoms with Crippen molar-refractivity contribution in [2.24, 2.45) is 11.8 Å². The van der Waals surface area contributed by atoms with E-state index in [1.165, 1.54) is 6.07 Å². The van der Waals surface area contributed by atoms with Crippen LogP contribution in [0, 0.1) is 11.7 Å². The van der Waals surface area contributed by atoms with Crippen molar-refractivity contribution in [2.45, 2.75) is 39.2 Å². The third-order valence-corrected chi connectivity index (χ3v) is 3.30. The average Bonchev–Trinajstić information content (AvgIpc) is 2.26. The molecule has 96 valence electrons. The molecule has 0 saturated carbocycles. The third kappa shape index (κ3) is 5.15. The van der Waals surface area contributed by atoms with Gasteiger partial charge in [0.15, 0.2) is 0 Å². The summed E-state index contributed by atoms with van der Waals surface area (Å²) in [4.78, 5) is 0. The lowest BCUT2D eigenvalue weighted by atomic mass is 9.98. The van der Waals surface area contributed by atoms with Gasteiger partial charge in [-0.05, 0) is 42.9 Å². The van der Waals surface area contributed by atoms with Crippen molar-refractivity contribution < 1.29 is 4.39 Å². The number of benzene rings is 1. The second-order valence-corrected chi connectivity index (χ2v) is 5.69. The van der Waals surface area contributed by atoms with E-state index >= 15 is 0 Å². The van der Waals surface area contributed by atoms with Crippen LogP contribution in [0.1, 0.15) is 32.3 Å². The van der Waals surface area contributed by atoms with Gasteiger partial charge in [0.05, 0.1) is 0 Å². The fraction of sp³-hybridized carbons (Fsp3) is 0.538. The van der Waals surface area contributed by atoms with Crippen LogP contribution in [-0.2, 0) is 6.42 Å². The van der Waals surface area contributed by atoms with E-state index in [9.17, 15) is 4.39 Å². The van der Waals surface area contributed by atoms with Crippen LogP contribution in [-0.4, -0.2) is 6.04 Å². The van der Waals surface area contributed by atoms with Crippen molar-refractivity contribution in [3.63, 3.8) is 0 Å². The summed E-state index contributed by atoms with van der Waals surface area (Å²) < 4.78 is 14.4. The lowest BCUT2D eigenvalue weighted by molar-refractivity contribution is 0.429. The summed E-state index contributed by atoms with van der Waals surface area (Å²) in [5.41, 5.74) is 3.48. The molecule has 0 radical (unpaired) electrons. The van der Waals surface area contributed by atoms with Crippen LogP contribution < -0.4 is 11.3 Å². The van der Waals surface area contributed by atoms with Crippen molar-refractivity contribution in [1.82, 2.24) is 5.43 Å². The number of hydrogen-bond acceptors (Lipinski definition) is 2.